The summed E-state index contributed by atoms with van der Waals surface area (Å²) in [6, 6.07) is 18.3. The number of anilines is 1. The zero-order valence-corrected chi connectivity index (χ0v) is 19.8. The minimum absolute atomic E-state index is 0.448. The predicted molar refractivity (Wildman–Crippen MR) is 135 cm³/mol. The monoisotopic (exact) mass is 484 g/mol. The topological polar surface area (TPSA) is 105 Å². The van der Waals surface area contributed by atoms with E-state index in [-0.39, 0.29) is 0 Å². The molecule has 1 N–H and O–H groups in total. The maximum absolute atomic E-state index is 12.3. The third kappa shape index (κ3) is 5.95. The fourth-order valence-electron chi connectivity index (χ4n) is 3.40. The van der Waals surface area contributed by atoms with Crippen molar-refractivity contribution in [1.29, 1.82) is 0 Å². The van der Waals surface area contributed by atoms with Crippen molar-refractivity contribution < 1.29 is 23.8 Å². The third-order valence-corrected chi connectivity index (χ3v) is 5.11. The maximum atomic E-state index is 12.3. The molecule has 2 heterocycles. The highest BCUT2D eigenvalue weighted by Gasteiger charge is 2.12. The third-order valence-electron chi connectivity index (χ3n) is 5.11. The molecule has 0 bridgehead atoms. The molecule has 0 aliphatic heterocycles. The Bertz CT molecular complexity index is 1370. The van der Waals surface area contributed by atoms with Crippen LogP contribution in [0.3, 0.4) is 0 Å². The fourth-order valence-corrected chi connectivity index (χ4v) is 3.40. The number of pyridine rings is 1. The van der Waals surface area contributed by atoms with Crippen molar-refractivity contribution >= 4 is 23.6 Å². The number of carbonyl (C=O) groups excluding carboxylic acids is 2. The van der Waals surface area contributed by atoms with Crippen molar-refractivity contribution in [2.75, 3.05) is 26.1 Å². The second kappa shape index (κ2) is 11.5. The van der Waals surface area contributed by atoms with Gasteiger partial charge in [-0.25, -0.2) is 9.48 Å². The van der Waals surface area contributed by atoms with Crippen LogP contribution < -0.4 is 14.8 Å². The van der Waals surface area contributed by atoms with Gasteiger partial charge in [0.25, 0.3) is 5.91 Å². The first kappa shape index (κ1) is 24.2. The maximum Gasteiger partial charge on any atom is 0.331 e. The summed E-state index contributed by atoms with van der Waals surface area (Å²) in [7, 11) is 3.02. The molecule has 0 aliphatic carbocycles. The van der Waals surface area contributed by atoms with Crippen LogP contribution in [0.2, 0.25) is 0 Å². The first-order valence-electron chi connectivity index (χ1n) is 11.0. The Hall–Kier alpha value is -4.92. The van der Waals surface area contributed by atoms with Crippen molar-refractivity contribution in [2.45, 2.75) is 0 Å². The van der Waals surface area contributed by atoms with Crippen LogP contribution in [0.25, 0.3) is 23.0 Å². The van der Waals surface area contributed by atoms with E-state index in [1.165, 1.54) is 20.3 Å². The van der Waals surface area contributed by atoms with Crippen molar-refractivity contribution in [1.82, 2.24) is 14.8 Å². The smallest absolute Gasteiger partial charge is 0.331 e. The van der Waals surface area contributed by atoms with Gasteiger partial charge in [-0.05, 0) is 42.5 Å². The Labute approximate surface area is 208 Å². The van der Waals surface area contributed by atoms with Crippen molar-refractivity contribution in [2.24, 2.45) is 0 Å². The molecule has 9 heteroatoms. The Morgan fingerprint density at radius 1 is 1.00 bits per heavy atom. The van der Waals surface area contributed by atoms with Crippen LogP contribution in [0.1, 0.15) is 5.56 Å². The molecule has 2 aromatic heterocycles. The number of esters is 1. The van der Waals surface area contributed by atoms with Gasteiger partial charge in [0, 0.05) is 47.5 Å². The largest absolute Gasteiger partial charge is 0.493 e. The summed E-state index contributed by atoms with van der Waals surface area (Å²) < 4.78 is 17.2. The van der Waals surface area contributed by atoms with Gasteiger partial charge in [-0.15, -0.1) is 0 Å². The lowest BCUT2D eigenvalue weighted by atomic mass is 10.1. The number of methoxy groups -OCH3 is 2. The molecule has 4 aromatic rings. The number of carbonyl (C=O) groups is 2. The number of amides is 1. The fraction of sp³-hybridized carbons (Fsp3) is 0.111. The molecule has 9 nitrogen and oxygen atoms in total. The van der Waals surface area contributed by atoms with Crippen molar-refractivity contribution in [3.63, 3.8) is 0 Å². The minimum atomic E-state index is -0.665. The number of hydrogen-bond donors (Lipinski definition) is 1. The molecular formula is C27H24N4O5. The van der Waals surface area contributed by atoms with E-state index in [1.54, 1.807) is 41.4 Å². The highest BCUT2D eigenvalue weighted by Crippen LogP contribution is 2.29. The van der Waals surface area contributed by atoms with Gasteiger partial charge >= 0.3 is 5.97 Å². The van der Waals surface area contributed by atoms with E-state index in [4.69, 9.17) is 14.2 Å². The van der Waals surface area contributed by atoms with E-state index >= 15 is 0 Å². The van der Waals surface area contributed by atoms with Gasteiger partial charge < -0.3 is 19.5 Å². The summed E-state index contributed by atoms with van der Waals surface area (Å²) in [5.41, 5.74) is 3.51. The van der Waals surface area contributed by atoms with Crippen molar-refractivity contribution in [3.8, 4) is 28.4 Å². The minimum Gasteiger partial charge on any atom is -0.493 e. The molecule has 0 unspecified atom stereocenters. The number of para-hydroxylation sites is 1. The number of ether oxygens (including phenoxy) is 3. The van der Waals surface area contributed by atoms with E-state index in [1.807, 2.05) is 48.7 Å². The van der Waals surface area contributed by atoms with Gasteiger partial charge in [-0.1, -0.05) is 18.2 Å². The Kier molecular flexibility index (Phi) is 7.72. The Morgan fingerprint density at radius 3 is 2.53 bits per heavy atom. The number of hydrogen-bond acceptors (Lipinski definition) is 7. The SMILES string of the molecule is COc1ccc(NC(=O)COC(=O)/C=C/c2cn(-c3ccccc3)nc2-c2cccnc2)cc1OC. The molecule has 182 valence electrons. The van der Waals surface area contributed by atoms with E-state index in [2.05, 4.69) is 15.4 Å². The Morgan fingerprint density at radius 2 is 1.81 bits per heavy atom. The van der Waals surface area contributed by atoms with E-state index in [0.717, 1.165) is 11.3 Å². The van der Waals surface area contributed by atoms with Gasteiger partial charge in [0.15, 0.2) is 18.1 Å². The standard InChI is InChI=1S/C27H24N4O5/c1-34-23-12-11-21(15-24(23)35-2)29-25(32)18-36-26(33)13-10-20-17-31(22-8-4-3-5-9-22)30-27(20)19-7-6-14-28-16-19/h3-17H,18H2,1-2H3,(H,29,32)/b13-10+. The number of nitrogens with zero attached hydrogens (tertiary/aromatic N) is 3. The summed E-state index contributed by atoms with van der Waals surface area (Å²) in [6.45, 7) is -0.448. The molecule has 0 aliphatic rings. The highest BCUT2D eigenvalue weighted by atomic mass is 16.5. The van der Waals surface area contributed by atoms with Crippen LogP contribution in [0.5, 0.6) is 11.5 Å². The summed E-state index contributed by atoms with van der Waals surface area (Å²) in [5.74, 6) is -0.150. The molecule has 1 amide bonds. The molecule has 36 heavy (non-hydrogen) atoms. The van der Waals surface area contributed by atoms with Gasteiger partial charge in [0.1, 0.15) is 5.69 Å². The quantitative estimate of drug-likeness (QED) is 0.281. The second-order valence-corrected chi connectivity index (χ2v) is 7.51. The lowest BCUT2D eigenvalue weighted by Crippen LogP contribution is -2.20. The van der Waals surface area contributed by atoms with Crippen LogP contribution in [0.15, 0.2) is 85.3 Å². The first-order chi connectivity index (χ1) is 17.6. The van der Waals surface area contributed by atoms with Gasteiger partial charge in [0.2, 0.25) is 0 Å². The summed E-state index contributed by atoms with van der Waals surface area (Å²) >= 11 is 0. The number of benzene rings is 2. The van der Waals surface area contributed by atoms with Gasteiger partial charge in [-0.2, -0.15) is 5.10 Å². The molecule has 4 rings (SSSR count). The van der Waals surface area contributed by atoms with E-state index in [0.29, 0.717) is 28.4 Å². The Balaban J connectivity index is 1.43. The van der Waals surface area contributed by atoms with E-state index in [9.17, 15) is 9.59 Å². The summed E-state index contributed by atoms with van der Waals surface area (Å²) in [6.07, 6.45) is 8.05. The summed E-state index contributed by atoms with van der Waals surface area (Å²) in [5, 5.41) is 7.32. The lowest BCUT2D eigenvalue weighted by molar-refractivity contribution is -0.142. The molecule has 0 radical (unpaired) electrons. The van der Waals surface area contributed by atoms with E-state index < -0.39 is 18.5 Å². The van der Waals surface area contributed by atoms with Crippen LogP contribution in [-0.2, 0) is 14.3 Å². The van der Waals surface area contributed by atoms with Gasteiger partial charge in [-0.3, -0.25) is 9.78 Å². The van der Waals surface area contributed by atoms with Crippen LogP contribution in [0, 0.1) is 0 Å². The highest BCUT2D eigenvalue weighted by molar-refractivity contribution is 5.95. The van der Waals surface area contributed by atoms with Crippen molar-refractivity contribution in [3.05, 3.63) is 90.9 Å². The van der Waals surface area contributed by atoms with Crippen LogP contribution >= 0.6 is 0 Å². The summed E-state index contributed by atoms with van der Waals surface area (Å²) in [4.78, 5) is 28.7. The molecule has 0 spiro atoms. The molecule has 0 saturated heterocycles. The molecular weight excluding hydrogens is 460 g/mol. The zero-order chi connectivity index (χ0) is 25.3. The molecule has 0 fully saturated rings. The molecule has 0 atom stereocenters. The number of aromatic nitrogens is 3. The van der Waals surface area contributed by atoms with Crippen LogP contribution in [0.4, 0.5) is 5.69 Å². The van der Waals surface area contributed by atoms with Crippen LogP contribution in [-0.4, -0.2) is 47.5 Å². The average molecular weight is 485 g/mol. The molecule has 0 saturated carbocycles. The average Bonchev–Trinajstić information content (AvgIpc) is 3.36. The first-order valence-corrected chi connectivity index (χ1v) is 11.0. The number of rotatable bonds is 9. The lowest BCUT2D eigenvalue weighted by Gasteiger charge is -2.10. The number of nitrogens with one attached hydrogen (secondary N) is 1. The normalized spacial score (nSPS) is 10.7. The predicted octanol–water partition coefficient (Wildman–Crippen LogP) is 4.15. The zero-order valence-electron chi connectivity index (χ0n) is 19.8. The van der Waals surface area contributed by atoms with Gasteiger partial charge in [0.05, 0.1) is 19.9 Å². The second-order valence-electron chi connectivity index (χ2n) is 7.51. The molecule has 2 aromatic carbocycles.